The molecule has 0 saturated heterocycles. The molecule has 1 aromatic carbocycles. The first-order valence-electron chi connectivity index (χ1n) is 6.20. The van der Waals surface area contributed by atoms with Crippen molar-refractivity contribution in [3.63, 3.8) is 0 Å². The molecule has 6 nitrogen and oxygen atoms in total. The van der Waals surface area contributed by atoms with Crippen molar-refractivity contribution in [2.75, 3.05) is 44.8 Å². The van der Waals surface area contributed by atoms with E-state index in [-0.39, 0.29) is 0 Å². The van der Waals surface area contributed by atoms with Gasteiger partial charge in [0.05, 0.1) is 26.4 Å². The number of anilines is 1. The number of benzene rings is 1. The number of ether oxygens (including phenoxy) is 2. The molecular weight excluding hydrogens is 248 g/mol. The van der Waals surface area contributed by atoms with Crippen LogP contribution in [0.15, 0.2) is 30.3 Å². The first-order chi connectivity index (χ1) is 9.29. The Morgan fingerprint density at radius 1 is 1.00 bits per heavy atom. The van der Waals surface area contributed by atoms with Crippen molar-refractivity contribution >= 4 is 11.8 Å². The Labute approximate surface area is 112 Å². The van der Waals surface area contributed by atoms with Gasteiger partial charge in [0.15, 0.2) is 0 Å². The minimum absolute atomic E-state index is 0.297. The maximum atomic E-state index is 10.1. The number of rotatable bonds is 10. The molecule has 6 heteroatoms. The fraction of sp³-hybridized carbons (Fsp3) is 0.462. The zero-order valence-electron chi connectivity index (χ0n) is 10.8. The maximum absolute atomic E-state index is 10.1. The predicted molar refractivity (Wildman–Crippen MR) is 72.6 cm³/mol. The monoisotopic (exact) mass is 268 g/mol. The molecule has 0 bridgehead atoms. The summed E-state index contributed by atoms with van der Waals surface area (Å²) in [6.45, 7) is 2.97. The van der Waals surface area contributed by atoms with Gasteiger partial charge in [-0.1, -0.05) is 18.2 Å². The van der Waals surface area contributed by atoms with Crippen molar-refractivity contribution in [1.82, 2.24) is 5.32 Å². The largest absolute Gasteiger partial charge is 0.465 e. The molecule has 0 spiro atoms. The van der Waals surface area contributed by atoms with Gasteiger partial charge in [0.25, 0.3) is 0 Å². The number of carbonyl (C=O) groups is 1. The normalized spacial score (nSPS) is 10.1. The van der Waals surface area contributed by atoms with E-state index in [9.17, 15) is 4.79 Å². The number of hydrogen-bond donors (Lipinski definition) is 3. The lowest BCUT2D eigenvalue weighted by Gasteiger charge is -2.07. The third-order valence-electron chi connectivity index (χ3n) is 2.24. The van der Waals surface area contributed by atoms with E-state index in [0.29, 0.717) is 33.0 Å². The highest BCUT2D eigenvalue weighted by Gasteiger charge is 1.94. The van der Waals surface area contributed by atoms with Crippen molar-refractivity contribution < 1.29 is 19.4 Å². The Balaban J connectivity index is 1.83. The molecule has 0 unspecified atom stereocenters. The van der Waals surface area contributed by atoms with E-state index in [1.165, 1.54) is 0 Å². The summed E-state index contributed by atoms with van der Waals surface area (Å²) in [6, 6.07) is 9.92. The molecule has 0 atom stereocenters. The van der Waals surface area contributed by atoms with E-state index < -0.39 is 6.09 Å². The van der Waals surface area contributed by atoms with Gasteiger partial charge in [-0.2, -0.15) is 0 Å². The fourth-order valence-corrected chi connectivity index (χ4v) is 1.38. The molecular formula is C13H20N2O4. The van der Waals surface area contributed by atoms with Gasteiger partial charge < -0.3 is 25.2 Å². The highest BCUT2D eigenvalue weighted by Crippen LogP contribution is 2.03. The minimum atomic E-state index is -1.04. The molecule has 0 aliphatic rings. The zero-order chi connectivity index (χ0) is 13.8. The summed E-state index contributed by atoms with van der Waals surface area (Å²) in [5.41, 5.74) is 1.07. The maximum Gasteiger partial charge on any atom is 0.404 e. The van der Waals surface area contributed by atoms with Crippen LogP contribution in [0.3, 0.4) is 0 Å². The zero-order valence-corrected chi connectivity index (χ0v) is 10.8. The topological polar surface area (TPSA) is 79.8 Å². The summed E-state index contributed by atoms with van der Waals surface area (Å²) >= 11 is 0. The van der Waals surface area contributed by atoms with Crippen LogP contribution < -0.4 is 10.6 Å². The molecule has 19 heavy (non-hydrogen) atoms. The van der Waals surface area contributed by atoms with Crippen molar-refractivity contribution in [1.29, 1.82) is 0 Å². The molecule has 0 fully saturated rings. The first kappa shape index (κ1) is 15.3. The average Bonchev–Trinajstić information content (AvgIpc) is 2.42. The van der Waals surface area contributed by atoms with Crippen LogP contribution in [-0.4, -0.2) is 50.7 Å². The summed E-state index contributed by atoms with van der Waals surface area (Å²) in [5, 5.41) is 13.8. The lowest BCUT2D eigenvalue weighted by Crippen LogP contribution is -2.25. The Morgan fingerprint density at radius 2 is 1.63 bits per heavy atom. The van der Waals surface area contributed by atoms with Gasteiger partial charge in [0.1, 0.15) is 0 Å². The second kappa shape index (κ2) is 10.2. The molecule has 0 aliphatic carbocycles. The van der Waals surface area contributed by atoms with Crippen LogP contribution in [0.2, 0.25) is 0 Å². The molecule has 1 aromatic rings. The minimum Gasteiger partial charge on any atom is -0.465 e. The van der Waals surface area contributed by atoms with Gasteiger partial charge in [-0.3, -0.25) is 0 Å². The standard InChI is InChI=1S/C13H20N2O4/c16-13(17)15-7-9-19-11-10-18-8-6-14-12-4-2-1-3-5-12/h1-5,14-15H,6-11H2,(H,16,17). The molecule has 0 aromatic heterocycles. The second-order valence-electron chi connectivity index (χ2n) is 3.75. The molecule has 1 amide bonds. The van der Waals surface area contributed by atoms with Gasteiger partial charge >= 0.3 is 6.09 Å². The highest BCUT2D eigenvalue weighted by molar-refractivity contribution is 5.64. The Kier molecular flexibility index (Phi) is 8.17. The second-order valence-corrected chi connectivity index (χ2v) is 3.75. The van der Waals surface area contributed by atoms with Crippen LogP contribution >= 0.6 is 0 Å². The molecule has 1 rings (SSSR count). The Hall–Kier alpha value is -1.79. The van der Waals surface area contributed by atoms with Crippen LogP contribution in [0.25, 0.3) is 0 Å². The van der Waals surface area contributed by atoms with E-state index in [1.54, 1.807) is 0 Å². The van der Waals surface area contributed by atoms with Gasteiger partial charge in [-0.15, -0.1) is 0 Å². The molecule has 0 heterocycles. The highest BCUT2D eigenvalue weighted by atomic mass is 16.5. The van der Waals surface area contributed by atoms with Gasteiger partial charge in [-0.25, -0.2) is 4.79 Å². The van der Waals surface area contributed by atoms with Crippen LogP contribution in [0.4, 0.5) is 10.5 Å². The fourth-order valence-electron chi connectivity index (χ4n) is 1.38. The number of hydrogen-bond acceptors (Lipinski definition) is 4. The molecule has 0 saturated carbocycles. The van der Waals surface area contributed by atoms with E-state index in [2.05, 4.69) is 10.6 Å². The van der Waals surface area contributed by atoms with Crippen molar-refractivity contribution in [3.8, 4) is 0 Å². The van der Waals surface area contributed by atoms with Crippen LogP contribution in [0, 0.1) is 0 Å². The quantitative estimate of drug-likeness (QED) is 0.559. The SMILES string of the molecule is O=C(O)NCCOCCOCCNc1ccccc1. The smallest absolute Gasteiger partial charge is 0.404 e. The van der Waals surface area contributed by atoms with Crippen LogP contribution in [-0.2, 0) is 9.47 Å². The van der Waals surface area contributed by atoms with Gasteiger partial charge in [0.2, 0.25) is 0 Å². The first-order valence-corrected chi connectivity index (χ1v) is 6.20. The van der Waals surface area contributed by atoms with Crippen molar-refractivity contribution in [3.05, 3.63) is 30.3 Å². The lowest BCUT2D eigenvalue weighted by molar-refractivity contribution is 0.0527. The van der Waals surface area contributed by atoms with Crippen molar-refractivity contribution in [2.24, 2.45) is 0 Å². The lowest BCUT2D eigenvalue weighted by atomic mass is 10.3. The van der Waals surface area contributed by atoms with Crippen LogP contribution in [0.1, 0.15) is 0 Å². The average molecular weight is 268 g/mol. The van der Waals surface area contributed by atoms with E-state index >= 15 is 0 Å². The number of para-hydroxylation sites is 1. The van der Waals surface area contributed by atoms with Gasteiger partial charge in [-0.05, 0) is 12.1 Å². The Morgan fingerprint density at radius 3 is 2.26 bits per heavy atom. The predicted octanol–water partition coefficient (Wildman–Crippen LogP) is 1.40. The third kappa shape index (κ3) is 8.87. The van der Waals surface area contributed by atoms with Crippen molar-refractivity contribution in [2.45, 2.75) is 0 Å². The summed E-state index contributed by atoms with van der Waals surface area (Å²) in [7, 11) is 0. The van der Waals surface area contributed by atoms with Gasteiger partial charge in [0, 0.05) is 18.8 Å². The van der Waals surface area contributed by atoms with E-state index in [1.807, 2.05) is 30.3 Å². The summed E-state index contributed by atoms with van der Waals surface area (Å²) in [4.78, 5) is 10.1. The molecule has 0 radical (unpaired) electrons. The molecule has 106 valence electrons. The number of carboxylic acid groups (broad SMARTS) is 1. The number of nitrogens with one attached hydrogen (secondary N) is 2. The molecule has 0 aliphatic heterocycles. The van der Waals surface area contributed by atoms with E-state index in [0.717, 1.165) is 12.2 Å². The summed E-state index contributed by atoms with van der Waals surface area (Å²) in [5.74, 6) is 0. The number of amides is 1. The van der Waals surface area contributed by atoms with E-state index in [4.69, 9.17) is 14.6 Å². The van der Waals surface area contributed by atoms with Crippen LogP contribution in [0.5, 0.6) is 0 Å². The summed E-state index contributed by atoms with van der Waals surface area (Å²) < 4.78 is 10.5. The molecule has 3 N–H and O–H groups in total. The third-order valence-corrected chi connectivity index (χ3v) is 2.24. The summed E-state index contributed by atoms with van der Waals surface area (Å²) in [6.07, 6.45) is -1.04. The Bertz CT molecular complexity index is 346.